The second kappa shape index (κ2) is 9.66. The minimum Gasteiger partial charge on any atom is -0.467 e. The van der Waals surface area contributed by atoms with Gasteiger partial charge in [-0.05, 0) is 62.1 Å². The Bertz CT molecular complexity index is 1360. The summed E-state index contributed by atoms with van der Waals surface area (Å²) >= 11 is 0. The average molecular weight is 472 g/mol. The molecule has 8 nitrogen and oxygen atoms in total. The van der Waals surface area contributed by atoms with E-state index in [9.17, 15) is 9.59 Å². The Morgan fingerprint density at radius 3 is 2.40 bits per heavy atom. The summed E-state index contributed by atoms with van der Waals surface area (Å²) in [5, 5.41) is 7.34. The van der Waals surface area contributed by atoms with E-state index in [0.29, 0.717) is 17.6 Å². The number of carbonyl (C=O) groups excluding carboxylic acids is 2. The van der Waals surface area contributed by atoms with Crippen LogP contribution >= 0.6 is 0 Å². The predicted molar refractivity (Wildman–Crippen MR) is 134 cm³/mol. The first kappa shape index (κ1) is 24.1. The molecule has 0 radical (unpaired) electrons. The Kier molecular flexibility index (Phi) is 6.64. The number of methoxy groups -OCH3 is 1. The summed E-state index contributed by atoms with van der Waals surface area (Å²) in [7, 11) is 3.39. The second-order valence-electron chi connectivity index (χ2n) is 8.89. The lowest BCUT2D eigenvalue weighted by Gasteiger charge is -2.18. The lowest BCUT2D eigenvalue weighted by Crippen LogP contribution is -2.30. The molecular weight excluding hydrogens is 442 g/mol. The van der Waals surface area contributed by atoms with Crippen molar-refractivity contribution in [3.63, 3.8) is 0 Å². The molecule has 0 saturated heterocycles. The molecule has 1 aromatic carbocycles. The van der Waals surface area contributed by atoms with Crippen LogP contribution in [0.2, 0.25) is 0 Å². The highest BCUT2D eigenvalue weighted by molar-refractivity contribution is 6.02. The number of ketones is 1. The van der Waals surface area contributed by atoms with Crippen LogP contribution in [-0.4, -0.2) is 45.1 Å². The minimum absolute atomic E-state index is 0.0508. The first-order chi connectivity index (χ1) is 16.7. The zero-order valence-electron chi connectivity index (χ0n) is 20.9. The Morgan fingerprint density at radius 2 is 1.80 bits per heavy atom. The number of carbonyl (C=O) groups is 2. The number of nitrogens with zero attached hydrogens (tertiary/aromatic N) is 4. The number of ether oxygens (including phenoxy) is 1. The standard InChI is InChI=1S/C27H29N5O3/c1-15-7-16(2)23(24(33)8-15)14-28-26(34)22-10-19(20-12-29-27(35-6)30-13-20)9-21(18(22)4)25-17(3)11-31-32(25)5/h7,9-13H,8,14H2,1-6H3,(H,28,34). The van der Waals surface area contributed by atoms with Gasteiger partial charge in [0.2, 0.25) is 0 Å². The quantitative estimate of drug-likeness (QED) is 0.580. The monoisotopic (exact) mass is 471 g/mol. The van der Waals surface area contributed by atoms with Gasteiger partial charge in [-0.25, -0.2) is 9.97 Å². The van der Waals surface area contributed by atoms with Crippen molar-refractivity contribution in [3.05, 3.63) is 70.2 Å². The summed E-state index contributed by atoms with van der Waals surface area (Å²) < 4.78 is 6.88. The van der Waals surface area contributed by atoms with E-state index in [4.69, 9.17) is 4.74 Å². The van der Waals surface area contributed by atoms with Gasteiger partial charge in [-0.15, -0.1) is 0 Å². The summed E-state index contributed by atoms with van der Waals surface area (Å²) in [5.41, 5.74) is 8.27. The fourth-order valence-corrected chi connectivity index (χ4v) is 4.46. The number of nitrogens with one attached hydrogen (secondary N) is 1. The van der Waals surface area contributed by atoms with E-state index in [1.807, 2.05) is 53.0 Å². The molecule has 8 heteroatoms. The maximum atomic E-state index is 13.4. The van der Waals surface area contributed by atoms with Crippen molar-refractivity contribution in [2.45, 2.75) is 34.1 Å². The van der Waals surface area contributed by atoms with Gasteiger partial charge in [0, 0.05) is 54.7 Å². The van der Waals surface area contributed by atoms with Crippen LogP contribution in [0.5, 0.6) is 6.01 Å². The third-order valence-corrected chi connectivity index (χ3v) is 6.31. The number of allylic oxidation sites excluding steroid dienone is 3. The summed E-state index contributed by atoms with van der Waals surface area (Å²) in [4.78, 5) is 34.4. The zero-order valence-corrected chi connectivity index (χ0v) is 20.9. The number of amides is 1. The van der Waals surface area contributed by atoms with Crippen LogP contribution in [0.25, 0.3) is 22.4 Å². The Balaban J connectivity index is 1.76. The summed E-state index contributed by atoms with van der Waals surface area (Å²) in [6.07, 6.45) is 7.53. The first-order valence-corrected chi connectivity index (χ1v) is 11.4. The van der Waals surface area contributed by atoms with Gasteiger partial charge in [0.15, 0.2) is 5.78 Å². The molecule has 4 rings (SSSR count). The van der Waals surface area contributed by atoms with Crippen LogP contribution in [0.15, 0.2) is 53.5 Å². The Labute approximate surface area is 204 Å². The van der Waals surface area contributed by atoms with Crippen molar-refractivity contribution in [1.29, 1.82) is 0 Å². The van der Waals surface area contributed by atoms with Crippen molar-refractivity contribution in [2.24, 2.45) is 7.05 Å². The number of aromatic nitrogens is 4. The first-order valence-electron chi connectivity index (χ1n) is 11.4. The third-order valence-electron chi connectivity index (χ3n) is 6.31. The van der Waals surface area contributed by atoms with Crippen LogP contribution < -0.4 is 10.1 Å². The molecule has 0 aliphatic heterocycles. The number of hydrogen-bond donors (Lipinski definition) is 1. The third kappa shape index (κ3) is 4.77. The number of benzene rings is 1. The number of hydrogen-bond acceptors (Lipinski definition) is 6. The SMILES string of the molecule is COc1ncc(-c2cc(C(=O)NCC3=C(C)C=C(C)CC3=O)c(C)c(-c3c(C)cnn3C)c2)cn1. The van der Waals surface area contributed by atoms with Gasteiger partial charge >= 0.3 is 6.01 Å². The van der Waals surface area contributed by atoms with E-state index in [1.54, 1.807) is 23.3 Å². The molecule has 0 fully saturated rings. The van der Waals surface area contributed by atoms with Gasteiger partial charge in [-0.3, -0.25) is 14.3 Å². The summed E-state index contributed by atoms with van der Waals surface area (Å²) in [6, 6.07) is 4.12. The molecule has 1 aliphatic carbocycles. The lowest BCUT2D eigenvalue weighted by molar-refractivity contribution is -0.115. The van der Waals surface area contributed by atoms with Gasteiger partial charge in [0.05, 0.1) is 19.0 Å². The molecule has 0 atom stereocenters. The van der Waals surface area contributed by atoms with Crippen LogP contribution in [0.1, 0.15) is 41.8 Å². The smallest absolute Gasteiger partial charge is 0.316 e. The normalized spacial score (nSPS) is 13.7. The van der Waals surface area contributed by atoms with E-state index >= 15 is 0 Å². The van der Waals surface area contributed by atoms with Gasteiger partial charge < -0.3 is 10.1 Å². The maximum Gasteiger partial charge on any atom is 0.316 e. The van der Waals surface area contributed by atoms with Crippen molar-refractivity contribution >= 4 is 11.7 Å². The molecule has 2 heterocycles. The number of aryl methyl sites for hydroxylation is 2. The average Bonchev–Trinajstić information content (AvgIpc) is 3.16. The lowest BCUT2D eigenvalue weighted by atomic mass is 9.91. The molecule has 180 valence electrons. The maximum absolute atomic E-state index is 13.4. The molecular formula is C27H29N5O3. The van der Waals surface area contributed by atoms with Gasteiger partial charge in [-0.1, -0.05) is 11.6 Å². The molecule has 35 heavy (non-hydrogen) atoms. The van der Waals surface area contributed by atoms with Crippen LogP contribution in [-0.2, 0) is 11.8 Å². The predicted octanol–water partition coefficient (Wildman–Crippen LogP) is 4.13. The highest BCUT2D eigenvalue weighted by Crippen LogP contribution is 2.33. The van der Waals surface area contributed by atoms with Gasteiger partial charge in [0.1, 0.15) is 0 Å². The summed E-state index contributed by atoms with van der Waals surface area (Å²) in [6.45, 7) is 7.94. The highest BCUT2D eigenvalue weighted by Gasteiger charge is 2.22. The zero-order chi connectivity index (χ0) is 25.3. The van der Waals surface area contributed by atoms with E-state index in [1.165, 1.54) is 7.11 Å². The Morgan fingerprint density at radius 1 is 1.09 bits per heavy atom. The van der Waals surface area contributed by atoms with Crippen molar-refractivity contribution < 1.29 is 14.3 Å². The van der Waals surface area contributed by atoms with Crippen molar-refractivity contribution in [2.75, 3.05) is 13.7 Å². The molecule has 0 spiro atoms. The van der Waals surface area contributed by atoms with E-state index in [2.05, 4.69) is 20.4 Å². The van der Waals surface area contributed by atoms with Crippen molar-refractivity contribution in [1.82, 2.24) is 25.1 Å². The fourth-order valence-electron chi connectivity index (χ4n) is 4.46. The molecule has 3 aromatic rings. The van der Waals surface area contributed by atoms with Crippen molar-refractivity contribution in [3.8, 4) is 28.4 Å². The number of Topliss-reactive ketones (excluding diaryl/α,β-unsaturated/α-hetero) is 1. The van der Waals surface area contributed by atoms with E-state index < -0.39 is 0 Å². The topological polar surface area (TPSA) is 99.0 Å². The molecule has 1 N–H and O–H groups in total. The van der Waals surface area contributed by atoms with E-state index in [-0.39, 0.29) is 24.2 Å². The largest absolute Gasteiger partial charge is 0.467 e. The van der Waals surface area contributed by atoms with Crippen LogP contribution in [0, 0.1) is 13.8 Å². The van der Waals surface area contributed by atoms with E-state index in [0.717, 1.165) is 44.7 Å². The minimum atomic E-state index is -0.251. The molecule has 1 aliphatic rings. The fraction of sp³-hybridized carbons (Fsp3) is 0.296. The Hall–Kier alpha value is -4.07. The molecule has 0 bridgehead atoms. The number of rotatable bonds is 6. The van der Waals surface area contributed by atoms with Crippen LogP contribution in [0.3, 0.4) is 0 Å². The van der Waals surface area contributed by atoms with Crippen LogP contribution in [0.4, 0.5) is 0 Å². The second-order valence-corrected chi connectivity index (χ2v) is 8.89. The molecule has 0 saturated carbocycles. The molecule has 1 amide bonds. The molecule has 2 aromatic heterocycles. The highest BCUT2D eigenvalue weighted by atomic mass is 16.5. The van der Waals surface area contributed by atoms with Gasteiger partial charge in [-0.2, -0.15) is 5.10 Å². The molecule has 0 unspecified atom stereocenters. The summed E-state index contributed by atoms with van der Waals surface area (Å²) in [5.74, 6) is -0.200. The van der Waals surface area contributed by atoms with Gasteiger partial charge in [0.25, 0.3) is 5.91 Å².